The highest BCUT2D eigenvalue weighted by atomic mass is 16.4. The molecule has 4 nitrogen and oxygen atoms in total. The van der Waals surface area contributed by atoms with Crippen molar-refractivity contribution in [3.8, 4) is 11.3 Å². The van der Waals surface area contributed by atoms with Crippen LogP contribution in [0, 0.1) is 6.92 Å². The summed E-state index contributed by atoms with van der Waals surface area (Å²) >= 11 is 0. The van der Waals surface area contributed by atoms with E-state index in [2.05, 4.69) is 22.1 Å². The molecule has 1 N–H and O–H groups in total. The molecule has 0 bridgehead atoms. The van der Waals surface area contributed by atoms with E-state index in [4.69, 9.17) is 5.11 Å². The van der Waals surface area contributed by atoms with Gasteiger partial charge in [-0.15, -0.1) is 0 Å². The number of carboxylic acid groups (broad SMARTS) is 1. The summed E-state index contributed by atoms with van der Waals surface area (Å²) in [6, 6.07) is 8.37. The van der Waals surface area contributed by atoms with Gasteiger partial charge >= 0.3 is 5.97 Å². The number of aromatic carboxylic acids is 1. The molecule has 3 rings (SSSR count). The van der Waals surface area contributed by atoms with Gasteiger partial charge in [0.2, 0.25) is 0 Å². The maximum Gasteiger partial charge on any atom is 0.356 e. The van der Waals surface area contributed by atoms with Crippen LogP contribution in [0.25, 0.3) is 11.3 Å². The SMILES string of the molecule is Cc1ncc(C(=O)O)nc1-c1ccc(C2CCCCC2)cc1. The first-order valence-corrected chi connectivity index (χ1v) is 7.82. The molecule has 0 amide bonds. The minimum atomic E-state index is -1.05. The second-order valence-electron chi connectivity index (χ2n) is 5.95. The number of hydrogen-bond donors (Lipinski definition) is 1. The van der Waals surface area contributed by atoms with E-state index in [9.17, 15) is 4.79 Å². The molecule has 2 aromatic rings. The fourth-order valence-corrected chi connectivity index (χ4v) is 3.17. The zero-order valence-corrected chi connectivity index (χ0v) is 12.7. The summed E-state index contributed by atoms with van der Waals surface area (Å²) in [7, 11) is 0. The van der Waals surface area contributed by atoms with Crippen molar-refractivity contribution in [2.24, 2.45) is 0 Å². The maximum atomic E-state index is 11.1. The molecule has 1 heterocycles. The van der Waals surface area contributed by atoms with Gasteiger partial charge in [-0.05, 0) is 31.2 Å². The number of hydrogen-bond acceptors (Lipinski definition) is 3. The maximum absolute atomic E-state index is 11.1. The lowest BCUT2D eigenvalue weighted by Gasteiger charge is -2.22. The lowest BCUT2D eigenvalue weighted by Crippen LogP contribution is -2.05. The number of benzene rings is 1. The fourth-order valence-electron chi connectivity index (χ4n) is 3.17. The molecule has 0 atom stereocenters. The molecule has 1 aromatic heterocycles. The Labute approximate surface area is 130 Å². The van der Waals surface area contributed by atoms with Crippen molar-refractivity contribution in [1.82, 2.24) is 9.97 Å². The minimum Gasteiger partial charge on any atom is -0.476 e. The van der Waals surface area contributed by atoms with Crippen LogP contribution >= 0.6 is 0 Å². The fraction of sp³-hybridized carbons (Fsp3) is 0.389. The van der Waals surface area contributed by atoms with Crippen molar-refractivity contribution < 1.29 is 9.90 Å². The monoisotopic (exact) mass is 296 g/mol. The van der Waals surface area contributed by atoms with Crippen molar-refractivity contribution in [3.63, 3.8) is 0 Å². The van der Waals surface area contributed by atoms with Gasteiger partial charge in [0.1, 0.15) is 0 Å². The van der Waals surface area contributed by atoms with E-state index >= 15 is 0 Å². The third-order valence-electron chi connectivity index (χ3n) is 4.44. The van der Waals surface area contributed by atoms with E-state index in [1.54, 1.807) is 0 Å². The molecule has 0 radical (unpaired) electrons. The van der Waals surface area contributed by atoms with Gasteiger partial charge in [-0.25, -0.2) is 9.78 Å². The molecule has 0 aliphatic heterocycles. The summed E-state index contributed by atoms with van der Waals surface area (Å²) in [6.07, 6.45) is 7.83. The van der Waals surface area contributed by atoms with Crippen LogP contribution < -0.4 is 0 Å². The third kappa shape index (κ3) is 3.01. The summed E-state index contributed by atoms with van der Waals surface area (Å²) in [5.74, 6) is -0.382. The molecular weight excluding hydrogens is 276 g/mol. The van der Waals surface area contributed by atoms with E-state index in [1.807, 2.05) is 19.1 Å². The van der Waals surface area contributed by atoms with E-state index in [0.29, 0.717) is 11.6 Å². The Morgan fingerprint density at radius 2 is 1.82 bits per heavy atom. The van der Waals surface area contributed by atoms with Gasteiger partial charge in [0.05, 0.1) is 17.6 Å². The van der Waals surface area contributed by atoms with Crippen LogP contribution in [0.15, 0.2) is 30.5 Å². The van der Waals surface area contributed by atoms with Gasteiger partial charge in [-0.3, -0.25) is 4.98 Å². The smallest absolute Gasteiger partial charge is 0.356 e. The summed E-state index contributed by atoms with van der Waals surface area (Å²) < 4.78 is 0. The standard InChI is InChI=1S/C18H20N2O2/c1-12-17(20-16(11-19-12)18(21)22)15-9-7-14(8-10-15)13-5-3-2-4-6-13/h7-11,13H,2-6H2,1H3,(H,21,22). The van der Waals surface area contributed by atoms with Crippen LogP contribution in [0.2, 0.25) is 0 Å². The Hall–Kier alpha value is -2.23. The number of aryl methyl sites for hydroxylation is 1. The third-order valence-corrected chi connectivity index (χ3v) is 4.44. The Balaban J connectivity index is 1.89. The highest BCUT2D eigenvalue weighted by molar-refractivity contribution is 5.85. The molecule has 0 unspecified atom stereocenters. The number of rotatable bonds is 3. The van der Waals surface area contributed by atoms with Gasteiger partial charge in [0, 0.05) is 5.56 Å². The molecule has 1 aliphatic rings. The lowest BCUT2D eigenvalue weighted by atomic mass is 9.84. The highest BCUT2D eigenvalue weighted by Crippen LogP contribution is 2.33. The molecular formula is C18H20N2O2. The number of nitrogens with zero attached hydrogens (tertiary/aromatic N) is 2. The van der Waals surface area contributed by atoms with Crippen molar-refractivity contribution in [3.05, 3.63) is 47.4 Å². The topological polar surface area (TPSA) is 63.1 Å². The lowest BCUT2D eigenvalue weighted by molar-refractivity contribution is 0.0690. The molecule has 1 fully saturated rings. The van der Waals surface area contributed by atoms with E-state index in [1.165, 1.54) is 43.9 Å². The van der Waals surface area contributed by atoms with Gasteiger partial charge in [-0.1, -0.05) is 43.5 Å². The molecule has 114 valence electrons. The van der Waals surface area contributed by atoms with Crippen LogP contribution in [0.1, 0.15) is 59.8 Å². The Morgan fingerprint density at radius 1 is 1.14 bits per heavy atom. The van der Waals surface area contributed by atoms with Crippen molar-refractivity contribution in [1.29, 1.82) is 0 Å². The van der Waals surface area contributed by atoms with Crippen LogP contribution in [0.3, 0.4) is 0 Å². The van der Waals surface area contributed by atoms with Crippen LogP contribution in [0.5, 0.6) is 0 Å². The molecule has 1 aliphatic carbocycles. The van der Waals surface area contributed by atoms with Gasteiger partial charge in [-0.2, -0.15) is 0 Å². The average molecular weight is 296 g/mol. The van der Waals surface area contributed by atoms with Crippen molar-refractivity contribution in [2.75, 3.05) is 0 Å². The predicted octanol–water partition coefficient (Wildman–Crippen LogP) is 4.20. The van der Waals surface area contributed by atoms with E-state index in [-0.39, 0.29) is 5.69 Å². The Morgan fingerprint density at radius 3 is 2.45 bits per heavy atom. The molecule has 0 saturated heterocycles. The van der Waals surface area contributed by atoms with Gasteiger partial charge in [0.15, 0.2) is 5.69 Å². The largest absolute Gasteiger partial charge is 0.476 e. The van der Waals surface area contributed by atoms with Crippen LogP contribution in [-0.2, 0) is 0 Å². The summed E-state index contributed by atoms with van der Waals surface area (Å²) in [5.41, 5.74) is 3.68. The first-order valence-electron chi connectivity index (χ1n) is 7.82. The van der Waals surface area contributed by atoms with E-state index < -0.39 is 5.97 Å². The summed E-state index contributed by atoms with van der Waals surface area (Å²) in [4.78, 5) is 19.4. The zero-order valence-electron chi connectivity index (χ0n) is 12.7. The normalized spacial score (nSPS) is 15.7. The van der Waals surface area contributed by atoms with Crippen molar-refractivity contribution in [2.45, 2.75) is 44.9 Å². The molecule has 1 aromatic carbocycles. The van der Waals surface area contributed by atoms with Crippen molar-refractivity contribution >= 4 is 5.97 Å². The van der Waals surface area contributed by atoms with E-state index in [0.717, 1.165) is 11.3 Å². The first kappa shape index (κ1) is 14.7. The predicted molar refractivity (Wildman–Crippen MR) is 85.0 cm³/mol. The van der Waals surface area contributed by atoms with Crippen LogP contribution in [-0.4, -0.2) is 21.0 Å². The second-order valence-corrected chi connectivity index (χ2v) is 5.95. The van der Waals surface area contributed by atoms with Gasteiger partial charge < -0.3 is 5.11 Å². The minimum absolute atomic E-state index is 0.0167. The Kier molecular flexibility index (Phi) is 4.18. The van der Waals surface area contributed by atoms with Gasteiger partial charge in [0.25, 0.3) is 0 Å². The first-order chi connectivity index (χ1) is 10.6. The summed E-state index contributed by atoms with van der Waals surface area (Å²) in [6.45, 7) is 1.85. The molecule has 4 heteroatoms. The summed E-state index contributed by atoms with van der Waals surface area (Å²) in [5, 5.41) is 9.06. The van der Waals surface area contributed by atoms with Crippen LogP contribution in [0.4, 0.5) is 0 Å². The molecule has 0 spiro atoms. The highest BCUT2D eigenvalue weighted by Gasteiger charge is 2.16. The molecule has 22 heavy (non-hydrogen) atoms. The second kappa shape index (κ2) is 6.26. The zero-order chi connectivity index (χ0) is 15.5. The number of carbonyl (C=O) groups is 1. The number of aromatic nitrogens is 2. The Bertz CT molecular complexity index is 674. The number of carboxylic acids is 1. The molecule has 1 saturated carbocycles. The quantitative estimate of drug-likeness (QED) is 0.922. The average Bonchev–Trinajstić information content (AvgIpc) is 2.56.